The molecule has 20 heavy (non-hydrogen) atoms. The fraction of sp³-hybridized carbons (Fsp3) is 0.667. The van der Waals surface area contributed by atoms with Crippen molar-refractivity contribution in [2.75, 3.05) is 26.2 Å². The van der Waals surface area contributed by atoms with Crippen LogP contribution in [-0.4, -0.2) is 59.0 Å². The molecule has 3 atom stereocenters. The van der Waals surface area contributed by atoms with Crippen LogP contribution < -0.4 is 0 Å². The van der Waals surface area contributed by atoms with Crippen molar-refractivity contribution in [3.63, 3.8) is 0 Å². The maximum Gasteiger partial charge on any atom is 0.414 e. The Labute approximate surface area is 116 Å². The predicted octanol–water partition coefficient (Wildman–Crippen LogP) is 0.00978. The highest BCUT2D eigenvalue weighted by molar-refractivity contribution is 6.27. The van der Waals surface area contributed by atoms with Crippen molar-refractivity contribution in [3.8, 4) is 6.07 Å². The molecule has 0 aromatic heterocycles. The van der Waals surface area contributed by atoms with E-state index in [1.54, 1.807) is 0 Å². The molecule has 0 saturated carbocycles. The second-order valence-corrected chi connectivity index (χ2v) is 4.53. The first-order valence-corrected chi connectivity index (χ1v) is 6.28. The van der Waals surface area contributed by atoms with Gasteiger partial charge in [-0.15, -0.1) is 0 Å². The fourth-order valence-electron chi connectivity index (χ4n) is 2.40. The van der Waals surface area contributed by atoms with E-state index in [1.807, 2.05) is 6.92 Å². The molecule has 0 aromatic carbocycles. The van der Waals surface area contributed by atoms with Gasteiger partial charge in [-0.25, -0.2) is 9.59 Å². The standard InChI is InChI=1S/C10H15N3O.C2H2O4/c1-2-14-12-10(5-11)9-7-13-4-3-8(9)6-13;3-1(4)2(5)6/h8-9H,2-4,6-7H2,1H3;(H,3,4)(H,5,6)/b12-10+;. The average Bonchev–Trinajstić information content (AvgIpc) is 3.03. The smallest absolute Gasteiger partial charge is 0.414 e. The average molecular weight is 283 g/mol. The first-order valence-electron chi connectivity index (χ1n) is 6.28. The van der Waals surface area contributed by atoms with Gasteiger partial charge in [-0.05, 0) is 25.8 Å². The quantitative estimate of drug-likeness (QED) is 0.425. The number of carbonyl (C=O) groups is 2. The minimum atomic E-state index is -1.82. The van der Waals surface area contributed by atoms with E-state index < -0.39 is 11.9 Å². The lowest BCUT2D eigenvalue weighted by atomic mass is 9.89. The van der Waals surface area contributed by atoms with Crippen LogP contribution in [0.3, 0.4) is 0 Å². The third kappa shape index (κ3) is 4.20. The van der Waals surface area contributed by atoms with Crippen LogP contribution in [0.5, 0.6) is 0 Å². The summed E-state index contributed by atoms with van der Waals surface area (Å²) in [6.07, 6.45) is 1.21. The Kier molecular flexibility index (Phi) is 5.93. The Morgan fingerprint density at radius 2 is 2.05 bits per heavy atom. The van der Waals surface area contributed by atoms with Crippen molar-refractivity contribution in [3.05, 3.63) is 0 Å². The number of nitrogens with zero attached hydrogens (tertiary/aromatic N) is 3. The molecule has 0 aliphatic carbocycles. The number of piperidine rings is 1. The van der Waals surface area contributed by atoms with Gasteiger partial charge in [0.25, 0.3) is 0 Å². The van der Waals surface area contributed by atoms with Gasteiger partial charge in [0.1, 0.15) is 12.7 Å². The van der Waals surface area contributed by atoms with Gasteiger partial charge in [0.15, 0.2) is 5.71 Å². The Balaban J connectivity index is 0.000000286. The molecule has 2 N–H and O–H groups in total. The zero-order chi connectivity index (χ0) is 15.1. The number of nitriles is 1. The number of hydrogen-bond donors (Lipinski definition) is 2. The van der Waals surface area contributed by atoms with E-state index in [9.17, 15) is 0 Å². The molecule has 2 rings (SSSR count). The molecule has 2 aliphatic heterocycles. The van der Waals surface area contributed by atoms with Crippen LogP contribution in [0, 0.1) is 23.2 Å². The lowest BCUT2D eigenvalue weighted by molar-refractivity contribution is -0.159. The Morgan fingerprint density at radius 1 is 1.40 bits per heavy atom. The molecule has 2 fully saturated rings. The van der Waals surface area contributed by atoms with E-state index in [-0.39, 0.29) is 0 Å². The molecule has 0 spiro atoms. The van der Waals surface area contributed by atoms with E-state index in [4.69, 9.17) is 29.9 Å². The first-order chi connectivity index (χ1) is 9.49. The number of carboxylic acids is 2. The van der Waals surface area contributed by atoms with Gasteiger partial charge in [-0.3, -0.25) is 0 Å². The van der Waals surface area contributed by atoms with Crippen LogP contribution in [0.1, 0.15) is 13.3 Å². The van der Waals surface area contributed by atoms with Crippen LogP contribution in [0.2, 0.25) is 0 Å². The fourth-order valence-corrected chi connectivity index (χ4v) is 2.40. The van der Waals surface area contributed by atoms with Gasteiger partial charge in [0.2, 0.25) is 0 Å². The van der Waals surface area contributed by atoms with Crippen molar-refractivity contribution in [1.82, 2.24) is 4.90 Å². The minimum absolute atomic E-state index is 0.320. The van der Waals surface area contributed by atoms with E-state index in [0.717, 1.165) is 13.1 Å². The highest BCUT2D eigenvalue weighted by atomic mass is 16.6. The SMILES string of the molecule is CCO/N=C(\C#N)C1CN2CCC1C2.O=C(O)C(=O)O. The molecule has 110 valence electrons. The Morgan fingerprint density at radius 3 is 2.40 bits per heavy atom. The van der Waals surface area contributed by atoms with E-state index >= 15 is 0 Å². The summed E-state index contributed by atoms with van der Waals surface area (Å²) in [5.74, 6) is -2.70. The number of carboxylic acid groups (broad SMARTS) is 2. The van der Waals surface area contributed by atoms with Crippen LogP contribution in [0.15, 0.2) is 5.16 Å². The lowest BCUT2D eigenvalue weighted by Crippen LogP contribution is -2.28. The summed E-state index contributed by atoms with van der Waals surface area (Å²) >= 11 is 0. The highest BCUT2D eigenvalue weighted by Gasteiger charge is 2.41. The molecule has 2 aliphatic rings. The number of hydrogen-bond acceptors (Lipinski definition) is 6. The van der Waals surface area contributed by atoms with Crippen molar-refractivity contribution < 1.29 is 24.6 Å². The predicted molar refractivity (Wildman–Crippen MR) is 68.0 cm³/mol. The summed E-state index contributed by atoms with van der Waals surface area (Å²) in [4.78, 5) is 25.5. The Bertz CT molecular complexity index is 431. The van der Waals surface area contributed by atoms with Gasteiger partial charge in [-0.2, -0.15) is 5.26 Å². The molecule has 0 aromatic rings. The molecular weight excluding hydrogens is 266 g/mol. The minimum Gasteiger partial charge on any atom is -0.473 e. The van der Waals surface area contributed by atoms with Crippen molar-refractivity contribution in [1.29, 1.82) is 5.26 Å². The number of rotatable bonds is 3. The van der Waals surface area contributed by atoms with Crippen molar-refractivity contribution in [2.45, 2.75) is 13.3 Å². The van der Waals surface area contributed by atoms with Crippen LogP contribution >= 0.6 is 0 Å². The van der Waals surface area contributed by atoms with Crippen molar-refractivity contribution in [2.24, 2.45) is 17.0 Å². The summed E-state index contributed by atoms with van der Waals surface area (Å²) in [6.45, 7) is 5.73. The van der Waals surface area contributed by atoms with Crippen LogP contribution in [0.25, 0.3) is 0 Å². The molecule has 2 heterocycles. The van der Waals surface area contributed by atoms with E-state index in [0.29, 0.717) is 24.2 Å². The van der Waals surface area contributed by atoms with Gasteiger partial charge in [0.05, 0.1) is 0 Å². The maximum absolute atomic E-state index is 9.10. The van der Waals surface area contributed by atoms with Gasteiger partial charge >= 0.3 is 11.9 Å². The van der Waals surface area contributed by atoms with Gasteiger partial charge in [0, 0.05) is 19.0 Å². The highest BCUT2D eigenvalue weighted by Crippen LogP contribution is 2.33. The number of aliphatic carboxylic acids is 2. The topological polar surface area (TPSA) is 123 Å². The molecule has 3 unspecified atom stereocenters. The van der Waals surface area contributed by atoms with Gasteiger partial charge < -0.3 is 20.0 Å². The summed E-state index contributed by atoms with van der Waals surface area (Å²) in [5.41, 5.74) is 0.582. The summed E-state index contributed by atoms with van der Waals surface area (Å²) in [7, 11) is 0. The third-order valence-electron chi connectivity index (χ3n) is 3.27. The maximum atomic E-state index is 9.10. The monoisotopic (exact) mass is 283 g/mol. The molecular formula is C12H17N3O5. The van der Waals surface area contributed by atoms with Crippen LogP contribution in [0.4, 0.5) is 0 Å². The molecule has 0 amide bonds. The lowest BCUT2D eigenvalue weighted by Gasteiger charge is -2.19. The summed E-state index contributed by atoms with van der Waals surface area (Å²) < 4.78 is 0. The third-order valence-corrected chi connectivity index (χ3v) is 3.27. The number of fused-ring (bicyclic) bond motifs is 2. The largest absolute Gasteiger partial charge is 0.473 e. The molecule has 2 bridgehead atoms. The van der Waals surface area contributed by atoms with E-state index in [2.05, 4.69) is 16.1 Å². The van der Waals surface area contributed by atoms with Crippen molar-refractivity contribution >= 4 is 17.7 Å². The molecule has 8 heteroatoms. The second-order valence-electron chi connectivity index (χ2n) is 4.53. The number of oxime groups is 1. The molecule has 0 radical (unpaired) electrons. The summed E-state index contributed by atoms with van der Waals surface area (Å²) in [5, 5.41) is 27.6. The first kappa shape index (κ1) is 15.9. The van der Waals surface area contributed by atoms with Gasteiger partial charge in [-0.1, -0.05) is 5.16 Å². The zero-order valence-corrected chi connectivity index (χ0v) is 11.2. The van der Waals surface area contributed by atoms with Crippen LogP contribution in [-0.2, 0) is 14.4 Å². The zero-order valence-electron chi connectivity index (χ0n) is 11.2. The van der Waals surface area contributed by atoms with E-state index in [1.165, 1.54) is 13.0 Å². The molecule has 8 nitrogen and oxygen atoms in total. The Hall–Kier alpha value is -2.14. The normalized spacial score (nSPS) is 27.2. The molecule has 2 saturated heterocycles. The summed E-state index contributed by atoms with van der Waals surface area (Å²) in [6, 6.07) is 2.16. The second kappa shape index (κ2) is 7.45.